The fourth-order valence-electron chi connectivity index (χ4n) is 4.71. The molecule has 0 unspecified atom stereocenters. The third-order valence-corrected chi connectivity index (χ3v) is 6.58. The monoisotopic (exact) mass is 515 g/mol. The lowest BCUT2D eigenvalue weighted by Crippen LogP contribution is -2.64. The maximum Gasteiger partial charge on any atom is 0.303 e. The minimum atomic E-state index is -1.01. The van der Waals surface area contributed by atoms with Crippen LogP contribution in [0.1, 0.15) is 18.1 Å². The molecule has 2 aromatic rings. The molecule has 0 saturated carbocycles. The molecule has 2 aromatic carbocycles. The molecular formula is C27H33NO9. The molecule has 0 amide bonds. The predicted molar refractivity (Wildman–Crippen MR) is 129 cm³/mol. The number of fused-ring (bicyclic) bond motifs is 1. The van der Waals surface area contributed by atoms with Gasteiger partial charge in [0.05, 0.1) is 19.8 Å². The van der Waals surface area contributed by atoms with Crippen molar-refractivity contribution in [3.63, 3.8) is 0 Å². The zero-order valence-corrected chi connectivity index (χ0v) is 20.8. The summed E-state index contributed by atoms with van der Waals surface area (Å²) in [5.74, 6) is -0.504. The van der Waals surface area contributed by atoms with E-state index in [1.54, 1.807) is 0 Å². The topological polar surface area (TPSA) is 120 Å². The molecule has 5 rings (SSSR count). The molecule has 3 fully saturated rings. The summed E-state index contributed by atoms with van der Waals surface area (Å²) < 4.78 is 47.2. The van der Waals surface area contributed by atoms with Crippen LogP contribution >= 0.6 is 0 Å². The normalized spacial score (nSPS) is 34.9. The van der Waals surface area contributed by atoms with E-state index < -0.39 is 49.2 Å². The Hall–Kier alpha value is -2.41. The van der Waals surface area contributed by atoms with Crippen LogP contribution in [-0.2, 0) is 55.9 Å². The Balaban J connectivity index is 1.23. The molecule has 10 nitrogen and oxygen atoms in total. The number of rotatable bonds is 10. The molecule has 0 radical (unpaired) electrons. The molecule has 9 atom stereocenters. The van der Waals surface area contributed by atoms with Crippen molar-refractivity contribution < 1.29 is 42.7 Å². The average molecular weight is 516 g/mol. The van der Waals surface area contributed by atoms with Gasteiger partial charge in [0, 0.05) is 14.0 Å². The van der Waals surface area contributed by atoms with Crippen molar-refractivity contribution in [1.29, 1.82) is 0 Å². The van der Waals surface area contributed by atoms with Crippen molar-refractivity contribution in [2.45, 2.75) is 75.6 Å². The molecule has 3 aliphatic rings. The summed E-state index contributed by atoms with van der Waals surface area (Å²) in [6.45, 7) is 2.22. The standard InChI is InChI=1S/C27H33NO9/c1-16(29)34-24-21(31-13-17-9-5-3-6-10-17)22(30-2)25(28)37-27(24)35-19-15-33-26(23-20(19)36-23)32-14-18-11-7-4-8-12-18/h3-12,19-27H,13-15,28H2,1-2H3/t19-,20-,21+,22+,23-,24-,25+,26+,27-/m1/s1. The van der Waals surface area contributed by atoms with E-state index in [1.165, 1.54) is 14.0 Å². The lowest BCUT2D eigenvalue weighted by Gasteiger charge is -2.44. The quantitative estimate of drug-likeness (QED) is 0.371. The van der Waals surface area contributed by atoms with Gasteiger partial charge in [0.15, 0.2) is 18.7 Å². The molecule has 0 aromatic heterocycles. The van der Waals surface area contributed by atoms with Crippen molar-refractivity contribution in [2.75, 3.05) is 13.7 Å². The molecule has 0 bridgehead atoms. The fraction of sp³-hybridized carbons (Fsp3) is 0.519. The Kier molecular flexibility index (Phi) is 8.48. The molecule has 10 heteroatoms. The van der Waals surface area contributed by atoms with Gasteiger partial charge in [-0.05, 0) is 11.1 Å². The third-order valence-electron chi connectivity index (χ3n) is 6.58. The first-order valence-electron chi connectivity index (χ1n) is 12.4. The van der Waals surface area contributed by atoms with E-state index in [4.69, 9.17) is 43.6 Å². The smallest absolute Gasteiger partial charge is 0.303 e. The number of hydrogen-bond donors (Lipinski definition) is 1. The highest BCUT2D eigenvalue weighted by Gasteiger charge is 2.58. The number of hydrogen-bond acceptors (Lipinski definition) is 10. The van der Waals surface area contributed by atoms with Crippen LogP contribution in [0.3, 0.4) is 0 Å². The minimum Gasteiger partial charge on any atom is -0.454 e. The zero-order chi connectivity index (χ0) is 25.8. The number of carbonyl (C=O) groups excluding carboxylic acids is 1. The minimum absolute atomic E-state index is 0.214. The van der Waals surface area contributed by atoms with E-state index in [1.807, 2.05) is 60.7 Å². The number of ether oxygens (including phenoxy) is 8. The number of epoxide rings is 1. The maximum atomic E-state index is 12.0. The highest BCUT2D eigenvalue weighted by molar-refractivity contribution is 5.66. The SMILES string of the molecule is CO[C@H]1[C@H](OCc2ccccc2)[C@@H](OC(C)=O)[C@H](O[C@@H]2CO[C@H](OCc3ccccc3)[C@@H]3O[C@@H]32)O[C@@H]1N. The Labute approximate surface area is 215 Å². The van der Waals surface area contributed by atoms with E-state index in [9.17, 15) is 4.79 Å². The van der Waals surface area contributed by atoms with Gasteiger partial charge in [-0.2, -0.15) is 0 Å². The summed E-state index contributed by atoms with van der Waals surface area (Å²) in [7, 11) is 1.51. The largest absolute Gasteiger partial charge is 0.454 e. The van der Waals surface area contributed by atoms with Gasteiger partial charge < -0.3 is 43.6 Å². The molecular weight excluding hydrogens is 482 g/mol. The molecule has 0 aliphatic carbocycles. The van der Waals surface area contributed by atoms with Crippen LogP contribution < -0.4 is 5.73 Å². The fourth-order valence-corrected chi connectivity index (χ4v) is 4.71. The number of esters is 1. The Bertz CT molecular complexity index is 1010. The third kappa shape index (κ3) is 6.36. The Morgan fingerprint density at radius 2 is 1.51 bits per heavy atom. The lowest BCUT2D eigenvalue weighted by atomic mass is 10.0. The number of methoxy groups -OCH3 is 1. The summed E-state index contributed by atoms with van der Waals surface area (Å²) in [6.07, 6.45) is -5.68. The summed E-state index contributed by atoms with van der Waals surface area (Å²) in [5, 5.41) is 0. The molecule has 2 N–H and O–H groups in total. The van der Waals surface area contributed by atoms with Gasteiger partial charge in [0.25, 0.3) is 0 Å². The zero-order valence-electron chi connectivity index (χ0n) is 20.8. The van der Waals surface area contributed by atoms with Gasteiger partial charge >= 0.3 is 5.97 Å². The number of nitrogens with two attached hydrogens (primary N) is 1. The van der Waals surface area contributed by atoms with Crippen LogP contribution in [0.5, 0.6) is 0 Å². The summed E-state index contributed by atoms with van der Waals surface area (Å²) in [5.41, 5.74) is 8.27. The maximum absolute atomic E-state index is 12.0. The van der Waals surface area contributed by atoms with E-state index in [0.717, 1.165) is 11.1 Å². The van der Waals surface area contributed by atoms with Crippen molar-refractivity contribution in [1.82, 2.24) is 0 Å². The lowest BCUT2D eigenvalue weighted by molar-refractivity contribution is -0.326. The van der Waals surface area contributed by atoms with Crippen molar-refractivity contribution in [3.8, 4) is 0 Å². The molecule has 3 aliphatic heterocycles. The van der Waals surface area contributed by atoms with Crippen molar-refractivity contribution in [2.24, 2.45) is 5.73 Å². The van der Waals surface area contributed by atoms with Gasteiger partial charge in [0.1, 0.15) is 36.7 Å². The summed E-state index contributed by atoms with van der Waals surface area (Å²) >= 11 is 0. The van der Waals surface area contributed by atoms with Crippen LogP contribution in [0.25, 0.3) is 0 Å². The van der Waals surface area contributed by atoms with E-state index >= 15 is 0 Å². The Morgan fingerprint density at radius 3 is 2.14 bits per heavy atom. The Morgan fingerprint density at radius 1 is 0.865 bits per heavy atom. The van der Waals surface area contributed by atoms with E-state index in [2.05, 4.69) is 0 Å². The molecule has 3 heterocycles. The van der Waals surface area contributed by atoms with Crippen LogP contribution in [0.4, 0.5) is 0 Å². The summed E-state index contributed by atoms with van der Waals surface area (Å²) in [6, 6.07) is 19.5. The van der Waals surface area contributed by atoms with E-state index in [-0.39, 0.29) is 25.4 Å². The second-order valence-electron chi connectivity index (χ2n) is 9.24. The van der Waals surface area contributed by atoms with E-state index in [0.29, 0.717) is 6.61 Å². The average Bonchev–Trinajstić information content (AvgIpc) is 3.71. The van der Waals surface area contributed by atoms with Crippen molar-refractivity contribution >= 4 is 5.97 Å². The summed E-state index contributed by atoms with van der Waals surface area (Å²) in [4.78, 5) is 12.0. The second kappa shape index (κ2) is 12.0. The van der Waals surface area contributed by atoms with Crippen LogP contribution in [0.2, 0.25) is 0 Å². The first-order valence-corrected chi connectivity index (χ1v) is 12.4. The predicted octanol–water partition coefficient (Wildman–Crippen LogP) is 1.89. The van der Waals surface area contributed by atoms with Crippen LogP contribution in [0, 0.1) is 0 Å². The number of carbonyl (C=O) groups is 1. The first-order chi connectivity index (χ1) is 18.0. The van der Waals surface area contributed by atoms with Gasteiger partial charge in [-0.25, -0.2) is 0 Å². The number of benzene rings is 2. The van der Waals surface area contributed by atoms with Crippen LogP contribution in [0.15, 0.2) is 60.7 Å². The van der Waals surface area contributed by atoms with Gasteiger partial charge in [0.2, 0.25) is 0 Å². The van der Waals surface area contributed by atoms with Gasteiger partial charge in [-0.1, -0.05) is 60.7 Å². The van der Waals surface area contributed by atoms with Crippen molar-refractivity contribution in [3.05, 3.63) is 71.8 Å². The van der Waals surface area contributed by atoms with Gasteiger partial charge in [-0.3, -0.25) is 4.79 Å². The molecule has 0 spiro atoms. The van der Waals surface area contributed by atoms with Crippen LogP contribution in [-0.4, -0.2) is 75.1 Å². The highest BCUT2D eigenvalue weighted by Crippen LogP contribution is 2.39. The molecule has 200 valence electrons. The molecule has 3 saturated heterocycles. The molecule has 37 heavy (non-hydrogen) atoms. The highest BCUT2D eigenvalue weighted by atomic mass is 16.8. The second-order valence-corrected chi connectivity index (χ2v) is 9.24. The first kappa shape index (κ1) is 26.2. The van der Waals surface area contributed by atoms with Gasteiger partial charge in [-0.15, -0.1) is 0 Å².